The molecule has 5 rings (SSSR count). The Morgan fingerprint density at radius 1 is 1.20 bits per heavy atom. The van der Waals surface area contributed by atoms with Crippen molar-refractivity contribution in [3.63, 3.8) is 0 Å². The van der Waals surface area contributed by atoms with E-state index in [-0.39, 0.29) is 12.2 Å². The minimum Gasteiger partial charge on any atom is -0.297 e. The zero-order valence-corrected chi connectivity index (χ0v) is 17.0. The number of aryl methyl sites for hydroxylation is 1. The van der Waals surface area contributed by atoms with Gasteiger partial charge in [-0.25, -0.2) is 10.2 Å². The van der Waals surface area contributed by atoms with Gasteiger partial charge in [-0.2, -0.15) is 18.3 Å². The molecule has 0 radical (unpaired) electrons. The largest absolute Gasteiger partial charge is 0.418 e. The van der Waals surface area contributed by atoms with Crippen molar-refractivity contribution in [3.05, 3.63) is 42.0 Å². The third kappa shape index (κ3) is 3.27. The van der Waals surface area contributed by atoms with Crippen LogP contribution in [0.5, 0.6) is 0 Å². The Morgan fingerprint density at radius 3 is 2.63 bits per heavy atom. The van der Waals surface area contributed by atoms with E-state index in [0.717, 1.165) is 41.0 Å². The summed E-state index contributed by atoms with van der Waals surface area (Å²) in [6.07, 6.45) is 4.62. The van der Waals surface area contributed by atoms with Gasteiger partial charge >= 0.3 is 6.18 Å². The highest BCUT2D eigenvalue weighted by molar-refractivity contribution is 7.20. The molecule has 4 aromatic rings. The van der Waals surface area contributed by atoms with Crippen LogP contribution >= 0.6 is 11.3 Å². The summed E-state index contributed by atoms with van der Waals surface area (Å²) in [5, 5.41) is 13.5. The van der Waals surface area contributed by atoms with E-state index in [0.29, 0.717) is 16.9 Å². The van der Waals surface area contributed by atoms with Gasteiger partial charge in [-0.05, 0) is 17.7 Å². The quantitative estimate of drug-likeness (QED) is 0.403. The summed E-state index contributed by atoms with van der Waals surface area (Å²) in [7, 11) is 1.62. The van der Waals surface area contributed by atoms with Crippen molar-refractivity contribution in [1.82, 2.24) is 19.2 Å². The van der Waals surface area contributed by atoms with Crippen molar-refractivity contribution in [3.8, 4) is 16.4 Å². The predicted octanol–water partition coefficient (Wildman–Crippen LogP) is 5.40. The molecule has 1 saturated heterocycles. The lowest BCUT2D eigenvalue weighted by atomic mass is 9.41. The molecule has 0 spiro atoms. The number of fused-ring (bicyclic) bond motifs is 2. The highest BCUT2D eigenvalue weighted by Crippen LogP contribution is 2.40. The van der Waals surface area contributed by atoms with Gasteiger partial charge in [-0.3, -0.25) is 9.08 Å². The van der Waals surface area contributed by atoms with Gasteiger partial charge in [0.1, 0.15) is 5.52 Å². The molecule has 30 heavy (non-hydrogen) atoms. The van der Waals surface area contributed by atoms with E-state index in [1.807, 2.05) is 16.8 Å². The number of alkyl halides is 3. The number of nitrogens with zero attached hydrogens (tertiary/aromatic N) is 5. The number of hydrogen-bond acceptors (Lipinski definition) is 4. The number of thiazole rings is 1. The van der Waals surface area contributed by atoms with Crippen LogP contribution in [-0.2, 0) is 13.2 Å². The highest BCUT2D eigenvalue weighted by atomic mass is 32.1. The van der Waals surface area contributed by atoms with E-state index in [1.54, 1.807) is 19.3 Å². The van der Waals surface area contributed by atoms with Crippen molar-refractivity contribution >= 4 is 33.9 Å². The van der Waals surface area contributed by atoms with Crippen LogP contribution in [0.4, 0.5) is 13.2 Å². The molecule has 0 saturated carbocycles. The molecular weight excluding hydrogens is 410 g/mol. The summed E-state index contributed by atoms with van der Waals surface area (Å²) in [6, 6.07) is 2.91. The fourth-order valence-corrected chi connectivity index (χ4v) is 5.24. The molecule has 5 nitrogen and oxygen atoms in total. The van der Waals surface area contributed by atoms with Gasteiger partial charge in [0.15, 0.2) is 4.96 Å². The van der Waals surface area contributed by atoms with Gasteiger partial charge in [0, 0.05) is 42.9 Å². The van der Waals surface area contributed by atoms with Gasteiger partial charge in [-0.1, -0.05) is 36.8 Å². The SMILES string of the molecule is Cn1cc2cc(-c3cn4cc(C5CCB(C#N)CC5)nc4s3)cc(C(F)(F)F)c2n1. The summed E-state index contributed by atoms with van der Waals surface area (Å²) in [4.78, 5) is 6.23. The number of hydrogen-bond donors (Lipinski definition) is 0. The van der Waals surface area contributed by atoms with E-state index < -0.39 is 11.7 Å². The predicted molar refractivity (Wildman–Crippen MR) is 111 cm³/mol. The third-order valence-electron chi connectivity index (χ3n) is 5.82. The van der Waals surface area contributed by atoms with E-state index in [1.165, 1.54) is 22.1 Å². The number of aromatic nitrogens is 4. The number of nitriles is 1. The maximum Gasteiger partial charge on any atom is 0.418 e. The summed E-state index contributed by atoms with van der Waals surface area (Å²) >= 11 is 1.38. The molecule has 4 heterocycles. The fraction of sp³-hybridized carbons (Fsp3) is 0.350. The summed E-state index contributed by atoms with van der Waals surface area (Å²) in [5.74, 6) is 2.68. The van der Waals surface area contributed by atoms with Crippen molar-refractivity contribution in [1.29, 1.82) is 5.26 Å². The molecule has 0 N–H and O–H groups in total. The first-order chi connectivity index (χ1) is 14.3. The normalized spacial score (nSPS) is 15.9. The first-order valence-corrected chi connectivity index (χ1v) is 10.6. The molecule has 152 valence electrons. The van der Waals surface area contributed by atoms with Gasteiger partial charge in [0.25, 0.3) is 6.71 Å². The lowest BCUT2D eigenvalue weighted by molar-refractivity contribution is -0.136. The topological polar surface area (TPSA) is 58.9 Å². The third-order valence-corrected chi connectivity index (χ3v) is 6.86. The van der Waals surface area contributed by atoms with Crippen LogP contribution in [0, 0.1) is 11.2 Å². The average molecular weight is 427 g/mol. The molecule has 0 atom stereocenters. The lowest BCUT2D eigenvalue weighted by Crippen LogP contribution is -2.18. The smallest absolute Gasteiger partial charge is 0.297 e. The van der Waals surface area contributed by atoms with Gasteiger partial charge in [-0.15, -0.1) is 0 Å². The Balaban J connectivity index is 1.50. The molecule has 1 fully saturated rings. The molecule has 10 heteroatoms. The van der Waals surface area contributed by atoms with E-state index in [9.17, 15) is 13.2 Å². The summed E-state index contributed by atoms with van der Waals surface area (Å²) in [6.45, 7) is 0.141. The standard InChI is InChI=1S/C20H17BF3N5S/c1-28-8-14-6-13(7-15(18(14)27-28)20(22,23)24)17-10-29-9-16(26-19(29)30-17)12-2-4-21(11-25)5-3-12/h6-10,12H,2-5H2,1H3. The van der Waals surface area contributed by atoms with Gasteiger partial charge < -0.3 is 0 Å². The molecule has 0 aliphatic carbocycles. The first-order valence-electron chi connectivity index (χ1n) is 9.75. The second-order valence-corrected chi connectivity index (χ2v) is 8.90. The average Bonchev–Trinajstić information content (AvgIpc) is 3.38. The van der Waals surface area contributed by atoms with Crippen LogP contribution in [0.3, 0.4) is 0 Å². The van der Waals surface area contributed by atoms with Crippen LogP contribution in [0.1, 0.15) is 30.0 Å². The van der Waals surface area contributed by atoms with Gasteiger partial charge in [0.05, 0.1) is 16.1 Å². The highest BCUT2D eigenvalue weighted by Gasteiger charge is 2.34. The second kappa shape index (κ2) is 6.88. The van der Waals surface area contributed by atoms with Crippen molar-refractivity contribution in [2.45, 2.75) is 37.6 Å². The van der Waals surface area contributed by atoms with E-state index in [4.69, 9.17) is 10.2 Å². The van der Waals surface area contributed by atoms with Crippen LogP contribution in [0.25, 0.3) is 26.3 Å². The Morgan fingerprint density at radius 2 is 1.97 bits per heavy atom. The van der Waals surface area contributed by atoms with E-state index in [2.05, 4.69) is 11.1 Å². The number of halogens is 3. The maximum absolute atomic E-state index is 13.6. The first kappa shape index (κ1) is 19.2. The van der Waals surface area contributed by atoms with E-state index >= 15 is 0 Å². The number of benzene rings is 1. The Bertz CT molecular complexity index is 1260. The molecule has 0 bridgehead atoms. The minimum atomic E-state index is -4.48. The Hall–Kier alpha value is -2.80. The number of imidazole rings is 1. The zero-order valence-electron chi connectivity index (χ0n) is 16.1. The molecule has 1 aliphatic rings. The van der Waals surface area contributed by atoms with Crippen LogP contribution in [0.15, 0.2) is 30.7 Å². The van der Waals surface area contributed by atoms with Crippen LogP contribution < -0.4 is 0 Å². The number of rotatable bonds is 2. The molecule has 0 amide bonds. The van der Waals surface area contributed by atoms with Crippen molar-refractivity contribution < 1.29 is 13.2 Å². The maximum atomic E-state index is 13.6. The monoisotopic (exact) mass is 427 g/mol. The summed E-state index contributed by atoms with van der Waals surface area (Å²) in [5.41, 5.74) is 0.749. The summed E-state index contributed by atoms with van der Waals surface area (Å²) < 4.78 is 44.1. The Kier molecular flexibility index (Phi) is 4.40. The molecule has 1 aromatic carbocycles. The molecular formula is C20H17BF3N5S. The van der Waals surface area contributed by atoms with Crippen LogP contribution in [0.2, 0.25) is 12.6 Å². The van der Waals surface area contributed by atoms with Gasteiger partial charge in [0.2, 0.25) is 0 Å². The molecule has 3 aromatic heterocycles. The minimum absolute atomic E-state index is 0.0367. The molecule has 0 unspecified atom stereocenters. The lowest BCUT2D eigenvalue weighted by Gasteiger charge is -2.21. The zero-order chi connectivity index (χ0) is 21.0. The fourth-order valence-electron chi connectivity index (χ4n) is 4.28. The van der Waals surface area contributed by atoms with Crippen LogP contribution in [-0.4, -0.2) is 25.9 Å². The second-order valence-electron chi connectivity index (χ2n) is 7.89. The Labute approximate surface area is 174 Å². The van der Waals surface area contributed by atoms with Crippen molar-refractivity contribution in [2.75, 3.05) is 0 Å². The molecule has 1 aliphatic heterocycles. The van der Waals surface area contributed by atoms with Crippen molar-refractivity contribution in [2.24, 2.45) is 7.05 Å².